The Morgan fingerprint density at radius 2 is 1.72 bits per heavy atom. The van der Waals surface area contributed by atoms with Gasteiger partial charge in [-0.1, -0.05) is 38.1 Å². The summed E-state index contributed by atoms with van der Waals surface area (Å²) >= 11 is 0. The largest absolute Gasteiger partial charge is 0.325 e. The fourth-order valence-electron chi connectivity index (χ4n) is 2.67. The Balaban J connectivity index is 2.00. The Labute approximate surface area is 111 Å². The lowest BCUT2D eigenvalue weighted by Gasteiger charge is -2.37. The molecule has 2 rings (SSSR count). The van der Waals surface area contributed by atoms with E-state index in [0.717, 1.165) is 32.4 Å². The molecule has 1 saturated heterocycles. The van der Waals surface area contributed by atoms with Gasteiger partial charge in [0.05, 0.1) is 0 Å². The number of nitrogens with two attached hydrogens (primary N) is 1. The van der Waals surface area contributed by atoms with Crippen molar-refractivity contribution in [3.8, 4) is 0 Å². The lowest BCUT2D eigenvalue weighted by atomic mass is 9.82. The maximum Gasteiger partial charge on any atom is 0.0219 e. The summed E-state index contributed by atoms with van der Waals surface area (Å²) in [5, 5.41) is 0. The van der Waals surface area contributed by atoms with Crippen molar-refractivity contribution in [1.82, 2.24) is 4.90 Å². The highest BCUT2D eigenvalue weighted by molar-refractivity contribution is 5.26. The van der Waals surface area contributed by atoms with E-state index in [1.807, 2.05) is 0 Å². The summed E-state index contributed by atoms with van der Waals surface area (Å²) < 4.78 is 0. The predicted octanol–water partition coefficient (Wildman–Crippen LogP) is 2.78. The van der Waals surface area contributed by atoms with Crippen LogP contribution in [0.15, 0.2) is 24.3 Å². The highest BCUT2D eigenvalue weighted by Gasteiger charge is 2.29. The maximum absolute atomic E-state index is 6.52. The van der Waals surface area contributed by atoms with Gasteiger partial charge in [0.1, 0.15) is 0 Å². The molecule has 100 valence electrons. The topological polar surface area (TPSA) is 29.3 Å². The van der Waals surface area contributed by atoms with Crippen LogP contribution in [-0.2, 0) is 6.42 Å². The van der Waals surface area contributed by atoms with Crippen molar-refractivity contribution in [3.05, 3.63) is 35.4 Å². The van der Waals surface area contributed by atoms with Crippen molar-refractivity contribution in [2.75, 3.05) is 20.1 Å². The van der Waals surface area contributed by atoms with E-state index >= 15 is 0 Å². The Kier molecular flexibility index (Phi) is 4.08. The molecule has 0 aromatic heterocycles. The van der Waals surface area contributed by atoms with Crippen LogP contribution in [0.5, 0.6) is 0 Å². The van der Waals surface area contributed by atoms with Gasteiger partial charge >= 0.3 is 0 Å². The third-order valence-electron chi connectivity index (χ3n) is 4.19. The summed E-state index contributed by atoms with van der Waals surface area (Å²) in [5.41, 5.74) is 9.32. The van der Waals surface area contributed by atoms with E-state index in [0.29, 0.717) is 5.92 Å². The van der Waals surface area contributed by atoms with Crippen LogP contribution >= 0.6 is 0 Å². The molecule has 2 N–H and O–H groups in total. The molecule has 2 nitrogen and oxygen atoms in total. The van der Waals surface area contributed by atoms with Gasteiger partial charge < -0.3 is 10.6 Å². The summed E-state index contributed by atoms with van der Waals surface area (Å²) in [4.78, 5) is 2.37. The van der Waals surface area contributed by atoms with Crippen molar-refractivity contribution in [3.63, 3.8) is 0 Å². The van der Waals surface area contributed by atoms with Crippen LogP contribution in [0.2, 0.25) is 0 Å². The Morgan fingerprint density at radius 3 is 2.22 bits per heavy atom. The van der Waals surface area contributed by atoms with Crippen molar-refractivity contribution < 1.29 is 0 Å². The Hall–Kier alpha value is -0.860. The van der Waals surface area contributed by atoms with Crippen LogP contribution < -0.4 is 5.73 Å². The molecule has 18 heavy (non-hydrogen) atoms. The maximum atomic E-state index is 6.52. The number of hydrogen-bond acceptors (Lipinski definition) is 2. The fourth-order valence-corrected chi connectivity index (χ4v) is 2.67. The zero-order valence-corrected chi connectivity index (χ0v) is 11.9. The van der Waals surface area contributed by atoms with Crippen molar-refractivity contribution >= 4 is 0 Å². The molecular weight excluding hydrogens is 220 g/mol. The molecule has 0 aliphatic carbocycles. The molecule has 1 aliphatic rings. The summed E-state index contributed by atoms with van der Waals surface area (Å²) in [6.07, 6.45) is 3.23. The minimum Gasteiger partial charge on any atom is -0.325 e. The molecule has 0 unspecified atom stereocenters. The van der Waals surface area contributed by atoms with E-state index in [1.165, 1.54) is 11.1 Å². The third kappa shape index (κ3) is 3.33. The first-order valence-electron chi connectivity index (χ1n) is 7.05. The van der Waals surface area contributed by atoms with Gasteiger partial charge in [0.2, 0.25) is 0 Å². The number of benzene rings is 1. The average molecular weight is 246 g/mol. The number of nitrogens with zero attached hydrogens (tertiary/aromatic N) is 1. The molecule has 0 amide bonds. The number of hydrogen-bond donors (Lipinski definition) is 1. The molecule has 0 bridgehead atoms. The van der Waals surface area contributed by atoms with Crippen LogP contribution in [0.4, 0.5) is 0 Å². The second kappa shape index (κ2) is 5.41. The number of rotatable bonds is 3. The van der Waals surface area contributed by atoms with E-state index in [2.05, 4.69) is 50.1 Å². The molecule has 1 heterocycles. The molecule has 0 saturated carbocycles. The first-order valence-corrected chi connectivity index (χ1v) is 7.05. The molecule has 1 aliphatic heterocycles. The van der Waals surface area contributed by atoms with Crippen LogP contribution in [0.1, 0.15) is 43.7 Å². The lowest BCUT2D eigenvalue weighted by molar-refractivity contribution is 0.190. The fraction of sp³-hybridized carbons (Fsp3) is 0.625. The molecule has 0 spiro atoms. The minimum absolute atomic E-state index is 0.00581. The van der Waals surface area contributed by atoms with Crippen molar-refractivity contribution in [1.29, 1.82) is 0 Å². The van der Waals surface area contributed by atoms with Gasteiger partial charge in [-0.2, -0.15) is 0 Å². The van der Waals surface area contributed by atoms with E-state index in [-0.39, 0.29) is 5.54 Å². The molecule has 2 heteroatoms. The van der Waals surface area contributed by atoms with Gasteiger partial charge in [-0.05, 0) is 56.4 Å². The van der Waals surface area contributed by atoms with E-state index in [1.54, 1.807) is 0 Å². The molecule has 1 aromatic carbocycles. The van der Waals surface area contributed by atoms with Crippen LogP contribution in [0.25, 0.3) is 0 Å². The first kappa shape index (κ1) is 13.6. The quantitative estimate of drug-likeness (QED) is 0.888. The summed E-state index contributed by atoms with van der Waals surface area (Å²) in [6, 6.07) is 9.00. The summed E-state index contributed by atoms with van der Waals surface area (Å²) in [5.74, 6) is 0.606. The minimum atomic E-state index is 0.00581. The van der Waals surface area contributed by atoms with Gasteiger partial charge in [-0.3, -0.25) is 0 Å². The van der Waals surface area contributed by atoms with Crippen molar-refractivity contribution in [2.24, 2.45) is 5.73 Å². The first-order chi connectivity index (χ1) is 8.48. The zero-order chi connectivity index (χ0) is 13.2. The highest BCUT2D eigenvalue weighted by Crippen LogP contribution is 2.24. The van der Waals surface area contributed by atoms with Crippen molar-refractivity contribution in [2.45, 2.75) is 44.6 Å². The van der Waals surface area contributed by atoms with Gasteiger partial charge in [0, 0.05) is 5.54 Å². The third-order valence-corrected chi connectivity index (χ3v) is 4.19. The average Bonchev–Trinajstić information content (AvgIpc) is 2.34. The Morgan fingerprint density at radius 1 is 1.17 bits per heavy atom. The molecule has 0 atom stereocenters. The lowest BCUT2D eigenvalue weighted by Crippen LogP contribution is -2.50. The molecular formula is C16H26N2. The van der Waals surface area contributed by atoms with Crippen LogP contribution in [-0.4, -0.2) is 30.6 Å². The summed E-state index contributed by atoms with van der Waals surface area (Å²) in [7, 11) is 2.18. The van der Waals surface area contributed by atoms with Crippen LogP contribution in [0.3, 0.4) is 0 Å². The Bertz CT molecular complexity index is 373. The number of likely N-dealkylation sites (tertiary alicyclic amines) is 1. The SMILES string of the molecule is CC(C)c1ccc(CC2(N)CCN(C)CC2)cc1. The second-order valence-electron chi connectivity index (χ2n) is 6.24. The van der Waals surface area contributed by atoms with Gasteiger partial charge in [-0.15, -0.1) is 0 Å². The molecule has 1 aromatic rings. The zero-order valence-electron chi connectivity index (χ0n) is 11.9. The second-order valence-corrected chi connectivity index (χ2v) is 6.24. The van der Waals surface area contributed by atoms with E-state index in [9.17, 15) is 0 Å². The standard InChI is InChI=1S/C16H26N2/c1-13(2)15-6-4-14(5-7-15)12-16(17)8-10-18(3)11-9-16/h4-7,13H,8-12,17H2,1-3H3. The van der Waals surface area contributed by atoms with Gasteiger partial charge in [0.25, 0.3) is 0 Å². The van der Waals surface area contributed by atoms with E-state index in [4.69, 9.17) is 5.73 Å². The normalized spacial score (nSPS) is 20.3. The molecule has 1 fully saturated rings. The summed E-state index contributed by atoms with van der Waals surface area (Å²) in [6.45, 7) is 6.72. The number of piperidine rings is 1. The van der Waals surface area contributed by atoms with Gasteiger partial charge in [-0.25, -0.2) is 0 Å². The predicted molar refractivity (Wildman–Crippen MR) is 77.9 cm³/mol. The molecule has 0 radical (unpaired) electrons. The van der Waals surface area contributed by atoms with Gasteiger partial charge in [0.15, 0.2) is 0 Å². The highest BCUT2D eigenvalue weighted by atomic mass is 15.1. The monoisotopic (exact) mass is 246 g/mol. The smallest absolute Gasteiger partial charge is 0.0219 e. The van der Waals surface area contributed by atoms with E-state index < -0.39 is 0 Å². The van der Waals surface area contributed by atoms with Crippen LogP contribution in [0, 0.1) is 0 Å².